The number of likely N-dealkylation sites (tertiary alicyclic amines) is 1. The Hall–Kier alpha value is -3.52. The fourth-order valence-corrected chi connectivity index (χ4v) is 7.56. The monoisotopic (exact) mass is 619 g/mol. The van der Waals surface area contributed by atoms with Gasteiger partial charge in [0, 0.05) is 30.2 Å². The van der Waals surface area contributed by atoms with E-state index in [1.165, 1.54) is 0 Å². The Balaban J connectivity index is 1.45. The van der Waals surface area contributed by atoms with Crippen LogP contribution in [0.4, 0.5) is 33.5 Å². The predicted octanol–water partition coefficient (Wildman–Crippen LogP) is 4.69. The first-order chi connectivity index (χ1) is 20.8. The molecule has 0 radical (unpaired) electrons. The second kappa shape index (κ2) is 10.3. The van der Waals surface area contributed by atoms with Crippen molar-refractivity contribution in [3.8, 4) is 23.1 Å². The Morgan fingerprint density at radius 3 is 2.59 bits per heavy atom. The molecule has 3 N–H and O–H groups in total. The number of nitrogens with zero attached hydrogens (tertiary/aromatic N) is 5. The van der Waals surface area contributed by atoms with E-state index in [4.69, 9.17) is 20.2 Å². The standard InChI is InChI=1S/C30H34F5N7O2/c1-12-7-8-41(4)19(12)11-43-29-39-25-20-27(40-29)42-10-15-5-6-18(37-15)26(42)14(3)44-28(20)38-24(23(25)32)16-9-17(36)22(31)13(2)21(16)30(33,34)35/h9,12,14-15,18-19,26,37H,5-8,10-11,36H2,1-4H3/t12-,14+,15-,18+,19+,26-/m1/s1. The molecule has 236 valence electrons. The van der Waals surface area contributed by atoms with Crippen molar-refractivity contribution in [2.75, 3.05) is 37.4 Å². The zero-order chi connectivity index (χ0) is 31.2. The van der Waals surface area contributed by atoms with E-state index in [1.807, 2.05) is 14.0 Å². The van der Waals surface area contributed by atoms with E-state index in [2.05, 4.69) is 32.0 Å². The predicted molar refractivity (Wildman–Crippen MR) is 154 cm³/mol. The van der Waals surface area contributed by atoms with Crippen LogP contribution < -0.4 is 25.4 Å². The van der Waals surface area contributed by atoms with Gasteiger partial charge >= 0.3 is 12.2 Å². The number of nitrogens with two attached hydrogens (primary N) is 1. The van der Waals surface area contributed by atoms with Crippen molar-refractivity contribution in [2.45, 2.75) is 76.5 Å². The molecular weight excluding hydrogens is 585 g/mol. The highest BCUT2D eigenvalue weighted by Gasteiger charge is 2.47. The highest BCUT2D eigenvalue weighted by Crippen LogP contribution is 2.47. The lowest BCUT2D eigenvalue weighted by molar-refractivity contribution is -0.137. The van der Waals surface area contributed by atoms with E-state index in [9.17, 15) is 17.6 Å². The molecule has 0 saturated carbocycles. The van der Waals surface area contributed by atoms with Gasteiger partial charge in [0.25, 0.3) is 0 Å². The first-order valence-corrected chi connectivity index (χ1v) is 14.9. The molecule has 2 aromatic heterocycles. The van der Waals surface area contributed by atoms with Crippen molar-refractivity contribution in [3.63, 3.8) is 0 Å². The Labute approximate surface area is 250 Å². The lowest BCUT2D eigenvalue weighted by Gasteiger charge is -2.42. The Bertz CT molecular complexity index is 1640. The number of hydrogen-bond donors (Lipinski definition) is 2. The van der Waals surface area contributed by atoms with Gasteiger partial charge in [0.15, 0.2) is 5.82 Å². The van der Waals surface area contributed by atoms with Crippen LogP contribution in [0.5, 0.6) is 11.9 Å². The Kier molecular flexibility index (Phi) is 6.81. The number of rotatable bonds is 4. The van der Waals surface area contributed by atoms with Crippen LogP contribution in [0.2, 0.25) is 0 Å². The van der Waals surface area contributed by atoms with Crippen molar-refractivity contribution in [1.29, 1.82) is 0 Å². The minimum Gasteiger partial charge on any atom is -0.472 e. The van der Waals surface area contributed by atoms with Crippen molar-refractivity contribution >= 4 is 22.4 Å². The Morgan fingerprint density at radius 2 is 1.89 bits per heavy atom. The summed E-state index contributed by atoms with van der Waals surface area (Å²) in [6.45, 7) is 6.67. The topological polar surface area (TPSA) is 102 Å². The normalized spacial score (nSPS) is 28.2. The molecule has 4 aliphatic rings. The molecule has 4 aliphatic heterocycles. The number of fused-ring (bicyclic) bond motifs is 5. The van der Waals surface area contributed by atoms with Crippen molar-refractivity contribution < 1.29 is 31.4 Å². The van der Waals surface area contributed by atoms with E-state index >= 15 is 4.39 Å². The molecule has 14 heteroatoms. The number of halogens is 5. The van der Waals surface area contributed by atoms with Crippen molar-refractivity contribution in [3.05, 3.63) is 28.8 Å². The molecular formula is C30H34F5N7O2. The lowest BCUT2D eigenvalue weighted by Crippen LogP contribution is -2.62. The van der Waals surface area contributed by atoms with Gasteiger partial charge in [-0.2, -0.15) is 23.1 Å². The summed E-state index contributed by atoms with van der Waals surface area (Å²) < 4.78 is 86.8. The first-order valence-electron chi connectivity index (χ1n) is 14.9. The second-order valence-corrected chi connectivity index (χ2v) is 12.6. The van der Waals surface area contributed by atoms with Crippen LogP contribution >= 0.6 is 0 Å². The van der Waals surface area contributed by atoms with Crippen LogP contribution in [0, 0.1) is 24.5 Å². The number of piperazine rings is 1. The van der Waals surface area contributed by atoms with Crippen LogP contribution in [0.15, 0.2) is 6.07 Å². The van der Waals surface area contributed by atoms with Crippen molar-refractivity contribution in [2.24, 2.45) is 5.92 Å². The zero-order valence-electron chi connectivity index (χ0n) is 24.8. The molecule has 1 aromatic carbocycles. The third kappa shape index (κ3) is 4.51. The lowest BCUT2D eigenvalue weighted by atomic mass is 9.96. The van der Waals surface area contributed by atoms with E-state index in [0.717, 1.165) is 38.8 Å². The molecule has 0 unspecified atom stereocenters. The molecule has 0 amide bonds. The molecule has 9 nitrogen and oxygen atoms in total. The van der Waals surface area contributed by atoms with Crippen molar-refractivity contribution in [1.82, 2.24) is 25.2 Å². The third-order valence-electron chi connectivity index (χ3n) is 9.84. The average Bonchev–Trinajstić information content (AvgIpc) is 3.46. The number of nitrogen functional groups attached to an aromatic ring is 1. The maximum absolute atomic E-state index is 16.7. The molecule has 44 heavy (non-hydrogen) atoms. The summed E-state index contributed by atoms with van der Waals surface area (Å²) in [4.78, 5) is 17.8. The maximum atomic E-state index is 16.7. The van der Waals surface area contributed by atoms with Gasteiger partial charge < -0.3 is 25.4 Å². The maximum Gasteiger partial charge on any atom is 0.417 e. The van der Waals surface area contributed by atoms with Gasteiger partial charge in [-0.15, -0.1) is 0 Å². The second-order valence-electron chi connectivity index (χ2n) is 12.6. The summed E-state index contributed by atoms with van der Waals surface area (Å²) in [5.41, 5.74) is 1.39. The van der Waals surface area contributed by atoms with Crippen LogP contribution in [0.1, 0.15) is 44.2 Å². The third-order valence-corrected chi connectivity index (χ3v) is 9.84. The number of alkyl halides is 3. The minimum atomic E-state index is -5.03. The summed E-state index contributed by atoms with van der Waals surface area (Å²) in [6, 6.07) is 0.790. The van der Waals surface area contributed by atoms with Gasteiger partial charge in [0.1, 0.15) is 40.9 Å². The number of likely N-dealkylation sites (N-methyl/N-ethyl adjacent to an activating group) is 1. The Morgan fingerprint density at radius 1 is 1.11 bits per heavy atom. The first kappa shape index (κ1) is 29.2. The number of hydrogen-bond acceptors (Lipinski definition) is 9. The quantitative estimate of drug-likeness (QED) is 0.318. The number of benzene rings is 1. The van der Waals surface area contributed by atoms with Gasteiger partial charge in [-0.3, -0.25) is 4.90 Å². The zero-order valence-corrected chi connectivity index (χ0v) is 24.8. The molecule has 0 spiro atoms. The SMILES string of the molecule is Cc1c(F)c(N)cc(-c2nc3c4c(nc(OC[C@H]5[C@H](C)CCN5C)nc4c2F)N2C[C@H]4CC[C@H](N4)[C@H]2[C@H](C)O3)c1C(F)(F)F. The number of pyridine rings is 1. The number of anilines is 2. The van der Waals surface area contributed by atoms with Crippen LogP contribution in [-0.4, -0.2) is 76.9 Å². The van der Waals surface area contributed by atoms with Gasteiger partial charge in [0.05, 0.1) is 17.3 Å². The highest BCUT2D eigenvalue weighted by molar-refractivity contribution is 5.97. The number of nitrogens with one attached hydrogen (secondary N) is 1. The van der Waals surface area contributed by atoms with Crippen LogP contribution in [0.25, 0.3) is 22.2 Å². The largest absolute Gasteiger partial charge is 0.472 e. The summed E-state index contributed by atoms with van der Waals surface area (Å²) in [6.07, 6.45) is -2.66. The summed E-state index contributed by atoms with van der Waals surface area (Å²) in [5.74, 6) is -1.74. The molecule has 2 bridgehead atoms. The van der Waals surface area contributed by atoms with Gasteiger partial charge in [0.2, 0.25) is 5.88 Å². The summed E-state index contributed by atoms with van der Waals surface area (Å²) in [5, 5.41) is 3.77. The van der Waals surface area contributed by atoms with E-state index in [0.29, 0.717) is 18.3 Å². The summed E-state index contributed by atoms with van der Waals surface area (Å²) in [7, 11) is 2.01. The molecule has 3 saturated heterocycles. The highest BCUT2D eigenvalue weighted by atomic mass is 19.4. The number of aromatic nitrogens is 3. The van der Waals surface area contributed by atoms with E-state index in [-0.39, 0.29) is 53.6 Å². The molecule has 3 aromatic rings. The van der Waals surface area contributed by atoms with Gasteiger partial charge in [-0.05, 0) is 64.3 Å². The van der Waals surface area contributed by atoms with E-state index in [1.54, 1.807) is 0 Å². The smallest absolute Gasteiger partial charge is 0.417 e. The molecule has 7 rings (SSSR count). The molecule has 3 fully saturated rings. The molecule has 0 aliphatic carbocycles. The average molecular weight is 620 g/mol. The van der Waals surface area contributed by atoms with Crippen LogP contribution in [-0.2, 0) is 6.18 Å². The molecule has 6 heterocycles. The van der Waals surface area contributed by atoms with Gasteiger partial charge in [-0.25, -0.2) is 13.8 Å². The fourth-order valence-electron chi connectivity index (χ4n) is 7.56. The van der Waals surface area contributed by atoms with Gasteiger partial charge in [-0.1, -0.05) is 6.92 Å². The minimum absolute atomic E-state index is 0.0566. The number of ether oxygens (including phenoxy) is 2. The fraction of sp³-hybridized carbons (Fsp3) is 0.567. The molecule has 6 atom stereocenters. The van der Waals surface area contributed by atoms with Crippen LogP contribution in [0.3, 0.4) is 0 Å². The summed E-state index contributed by atoms with van der Waals surface area (Å²) >= 11 is 0. The van der Waals surface area contributed by atoms with E-state index < -0.39 is 52.0 Å².